The van der Waals surface area contributed by atoms with Crippen molar-refractivity contribution < 1.29 is 68.2 Å². The summed E-state index contributed by atoms with van der Waals surface area (Å²) >= 11 is 0. The number of carbonyl (C=O) groups is 1. The quantitative estimate of drug-likeness (QED) is 0.0550. The largest absolute Gasteiger partial charge is 0.553 e. The van der Waals surface area contributed by atoms with Crippen molar-refractivity contribution in [3.63, 3.8) is 0 Å². The molecule has 0 heterocycles. The van der Waals surface area contributed by atoms with E-state index in [4.69, 9.17) is 40.7 Å². The Morgan fingerprint density at radius 1 is 0.537 bits per heavy atom. The zero-order valence-electron chi connectivity index (χ0n) is 24.1. The van der Waals surface area contributed by atoms with Crippen LogP contribution in [0.4, 0.5) is 0 Å². The monoisotopic (exact) mass is 1360 g/mol. The number of primary amides is 1. The molecule has 2 atom stereocenters. The predicted molar refractivity (Wildman–Crippen MR) is 134 cm³/mol. The second-order valence-corrected chi connectivity index (χ2v) is 6.93. The third-order valence-corrected chi connectivity index (χ3v) is 3.21. The molecule has 0 radical (unpaired) electrons. The van der Waals surface area contributed by atoms with Gasteiger partial charge in [-0.3, -0.25) is 4.79 Å². The summed E-state index contributed by atoms with van der Waals surface area (Å²) < 4.78 is 35.9. The van der Waals surface area contributed by atoms with E-state index in [1.54, 1.807) is 0 Å². The third kappa shape index (κ3) is 61.5. The maximum Gasteiger partial charge on any atom is 0.219 e. The molecule has 41 heavy (non-hydrogen) atoms. The molecule has 0 aliphatic rings. The van der Waals surface area contributed by atoms with E-state index >= 15 is 0 Å². The first-order valence-corrected chi connectivity index (χ1v) is 11.1. The molecule has 0 aromatic carbocycles. The van der Waals surface area contributed by atoms with Crippen LogP contribution in [0.3, 0.4) is 0 Å². The van der Waals surface area contributed by atoms with Gasteiger partial charge in [0.2, 0.25) is 5.91 Å². The van der Waals surface area contributed by atoms with Crippen molar-refractivity contribution >= 4 is 5.91 Å². The van der Waals surface area contributed by atoms with Crippen LogP contribution in [-0.2, 0) is 42.7 Å². The topological polar surface area (TPSA) is 218 Å². The first-order valence-electron chi connectivity index (χ1n) is 11.1. The van der Waals surface area contributed by atoms with Crippen LogP contribution in [0.15, 0.2) is 0 Å². The van der Waals surface area contributed by atoms with E-state index in [9.17, 15) is 4.79 Å². The van der Waals surface area contributed by atoms with E-state index in [0.29, 0.717) is 0 Å². The van der Waals surface area contributed by atoms with Gasteiger partial charge in [-0.1, -0.05) is 0 Å². The number of hydrogen-bond donors (Lipinski definition) is 6. The molecule has 0 spiro atoms. The summed E-state index contributed by atoms with van der Waals surface area (Å²) in [5, 5.41) is 43.6. The number of hydrogen-bond acceptors (Lipinski definition) is 14. The van der Waals surface area contributed by atoms with Crippen LogP contribution >= 0.6 is 0 Å². The first kappa shape index (κ1) is 53.2. The van der Waals surface area contributed by atoms with Crippen molar-refractivity contribution in [1.82, 2.24) is 0 Å². The maximum absolute atomic E-state index is 10.2. The van der Waals surface area contributed by atoms with Gasteiger partial charge in [-0.15, -0.1) is 0 Å². The predicted octanol–water partition coefficient (Wildman–Crippen LogP) is -1.86. The minimum Gasteiger partial charge on any atom is -0.553 e. The number of carbonyl (C=O) groups excluding carboxylic acids is 1. The second kappa shape index (κ2) is 45.8. The Labute approximate surface area is 226 Å². The summed E-state index contributed by atoms with van der Waals surface area (Å²) in [5.41, 5.74) is 4.85. The van der Waals surface area contributed by atoms with Crippen molar-refractivity contribution in [2.24, 2.45) is 5.73 Å². The molecule has 18 heteroatoms. The Kier molecular flexibility index (Phi) is 59.5. The van der Waals surface area contributed by atoms with Crippen LogP contribution in [0.25, 0.3) is 0 Å². The van der Waals surface area contributed by atoms with Gasteiger partial charge in [0.25, 0.3) is 0 Å². The molecule has 15 nitrogen and oxygen atoms in total. The summed E-state index contributed by atoms with van der Waals surface area (Å²) in [6.07, 6.45) is -2.40. The molecule has 0 bridgehead atoms. The molecule has 0 rings (SSSR count). The Morgan fingerprint density at radius 3 is 1.00 bits per heavy atom. The van der Waals surface area contributed by atoms with E-state index in [1.165, 1.54) is 0 Å². The molecule has 7 N–H and O–H groups in total. The van der Waals surface area contributed by atoms with Crippen molar-refractivity contribution in [3.05, 3.63) is 42.7 Å². The summed E-state index contributed by atoms with van der Waals surface area (Å²) in [5.74, 6) is -0.419. The summed E-state index contributed by atoms with van der Waals surface area (Å²) in [6, 6.07) is 0. The number of aliphatic hydroxyl groups is 5. The normalized spacial score (nSPS) is 11.1. The molecular weight excluding hydrogens is 1320 g/mol. The molecule has 0 aromatic rings. The molecule has 2 unspecified atom stereocenters. The third-order valence-electron chi connectivity index (χ3n) is 3.21. The Morgan fingerprint density at radius 2 is 0.780 bits per heavy atom. The van der Waals surface area contributed by atoms with Crippen LogP contribution in [0, 0.1) is 42.7 Å². The van der Waals surface area contributed by atoms with Gasteiger partial charge in [-0.05, 0) is 0 Å². The number of ether oxygens (including phenoxy) is 8. The molecule has 240 valence electrons. The van der Waals surface area contributed by atoms with Crippen molar-refractivity contribution in [3.8, 4) is 0 Å². The number of aliphatic hydroxyl groups excluding tert-OH is 5. The SMILES string of the molecule is [CH2-]OCC(O)COCCC(N)=O.[CH2-]OCC(O)COCCO.[CH2-]OCC(O)CO[CH2-].[CH2-]OCC(O)CO[CH2-].[Rf].[Rf].[Rf]. The van der Waals surface area contributed by atoms with Gasteiger partial charge in [0.1, 0.15) is 0 Å². The molecule has 1 amide bonds. The molecule has 0 fully saturated rings. The van der Waals surface area contributed by atoms with Gasteiger partial charge < -0.3 is 69.2 Å². The Bertz CT molecular complexity index is 426. The fourth-order valence-electron chi connectivity index (χ4n) is 1.68. The molecule has 0 saturated carbocycles. The van der Waals surface area contributed by atoms with Gasteiger partial charge in [-0.2, -0.15) is 0 Å². The molecule has 0 saturated heterocycles. The van der Waals surface area contributed by atoms with Crippen LogP contribution in [-0.4, -0.2) is 129 Å². The van der Waals surface area contributed by atoms with E-state index in [-0.39, 0.29) is 79.1 Å². The van der Waals surface area contributed by atoms with Crippen molar-refractivity contribution in [2.75, 3.05) is 72.7 Å². The Balaban J connectivity index is -0.0000000744. The van der Waals surface area contributed by atoms with Crippen LogP contribution in [0.2, 0.25) is 0 Å². The van der Waals surface area contributed by atoms with Gasteiger partial charge in [-0.25, -0.2) is 42.7 Å². The smallest absolute Gasteiger partial charge is 0.219 e. The second-order valence-electron chi connectivity index (χ2n) is 6.93. The number of rotatable bonds is 21. The van der Waals surface area contributed by atoms with Crippen LogP contribution < -0.4 is 5.73 Å². The number of nitrogens with two attached hydrogens (primary N) is 1. The fraction of sp³-hybridized carbons (Fsp3) is 0.696. The van der Waals surface area contributed by atoms with E-state index < -0.39 is 30.3 Å². The van der Waals surface area contributed by atoms with E-state index in [2.05, 4.69) is 71.1 Å². The van der Waals surface area contributed by atoms with Crippen molar-refractivity contribution in [2.45, 2.75) is 30.8 Å². The maximum atomic E-state index is 10.2. The van der Waals surface area contributed by atoms with E-state index in [1.807, 2.05) is 0 Å². The zero-order chi connectivity index (χ0) is 30.0. The van der Waals surface area contributed by atoms with Crippen LogP contribution in [0.5, 0.6) is 0 Å². The summed E-state index contributed by atoms with van der Waals surface area (Å²) in [7, 11) is 18.5. The first-order chi connectivity index (χ1) is 18.1. The molecule has 0 aromatic heterocycles. The van der Waals surface area contributed by atoms with Gasteiger partial charge >= 0.3 is 0 Å². The van der Waals surface area contributed by atoms with Gasteiger partial charge in [0.05, 0.1) is 57.5 Å². The minimum absolute atomic E-state index is 0. The molecular formula is C23H47NO14Rf3-6. The van der Waals surface area contributed by atoms with Gasteiger partial charge in [0.15, 0.2) is 0 Å². The summed E-state index contributed by atoms with van der Waals surface area (Å²) in [4.78, 5) is 10.2. The van der Waals surface area contributed by atoms with Crippen molar-refractivity contribution in [1.29, 1.82) is 0 Å². The average molecular weight is 1360 g/mol. The summed E-state index contributed by atoms with van der Waals surface area (Å²) in [6.45, 7) is 1.78. The van der Waals surface area contributed by atoms with Gasteiger partial charge in [0, 0.05) is 46.1 Å². The Hall–Kier alpha value is -4.05. The zero-order valence-corrected chi connectivity index (χ0v) is 43.3. The minimum atomic E-state index is -0.699. The van der Waals surface area contributed by atoms with E-state index in [0.717, 1.165) is 0 Å². The standard InChI is InChI=1S/C7H14NO4.C6H13O4.2C5H10O3.3Rf/c1-11-4-6(9)5-12-3-2-7(8)10;1-9-4-6(8)5-10-3-2-7;2*1-7-3-5(6)4-8-2;;;/h6,9H,1-5H2,(H2,8,10);6-8H,1-5H2;2*5-6H,1-4H2;;;/q2*-1;2*-2;;;. The number of amides is 1. The average Bonchev–Trinajstić information content (AvgIpc) is 2.84. The molecule has 0 aliphatic carbocycles. The van der Waals surface area contributed by atoms with Crippen LogP contribution in [0.1, 0.15) is 6.42 Å². The fourth-order valence-corrected chi connectivity index (χ4v) is 1.68. The molecule has 0 aliphatic heterocycles.